The lowest BCUT2D eigenvalue weighted by atomic mass is 10.1. The summed E-state index contributed by atoms with van der Waals surface area (Å²) < 4.78 is 11.2. The van der Waals surface area contributed by atoms with E-state index in [2.05, 4.69) is 5.32 Å². The van der Waals surface area contributed by atoms with Gasteiger partial charge in [-0.2, -0.15) is 5.26 Å². The smallest absolute Gasteiger partial charge is 0.234 e. The number of hydrogen-bond acceptors (Lipinski definition) is 4. The van der Waals surface area contributed by atoms with Crippen molar-refractivity contribution in [2.75, 3.05) is 19.8 Å². The maximum Gasteiger partial charge on any atom is 0.234 e. The SMILES string of the molecule is N#CCC(=O)NCCc1cccc(OCCOc2cc(Cl)ccc2Cl)c1. The van der Waals surface area contributed by atoms with Crippen molar-refractivity contribution in [1.29, 1.82) is 5.26 Å². The van der Waals surface area contributed by atoms with Gasteiger partial charge in [0.2, 0.25) is 5.91 Å². The molecule has 5 nitrogen and oxygen atoms in total. The van der Waals surface area contributed by atoms with Crippen molar-refractivity contribution in [2.45, 2.75) is 12.8 Å². The van der Waals surface area contributed by atoms with E-state index >= 15 is 0 Å². The Kier molecular flexibility index (Phi) is 8.07. The van der Waals surface area contributed by atoms with Crippen LogP contribution in [0.2, 0.25) is 10.0 Å². The molecule has 2 rings (SSSR count). The highest BCUT2D eigenvalue weighted by atomic mass is 35.5. The third kappa shape index (κ3) is 6.83. The molecule has 0 bridgehead atoms. The molecule has 0 saturated carbocycles. The minimum absolute atomic E-state index is 0.125. The zero-order valence-corrected chi connectivity index (χ0v) is 15.5. The lowest BCUT2D eigenvalue weighted by molar-refractivity contribution is -0.120. The molecule has 0 heterocycles. The molecule has 0 spiro atoms. The first-order valence-corrected chi connectivity index (χ1v) is 8.77. The number of nitrogens with zero attached hydrogens (tertiary/aromatic N) is 1. The topological polar surface area (TPSA) is 71.4 Å². The molecular weight excluding hydrogens is 375 g/mol. The summed E-state index contributed by atoms with van der Waals surface area (Å²) in [5.74, 6) is 0.966. The third-order valence-electron chi connectivity index (χ3n) is 3.38. The monoisotopic (exact) mass is 392 g/mol. The lowest BCUT2D eigenvalue weighted by Crippen LogP contribution is -2.24. The van der Waals surface area contributed by atoms with Crippen LogP contribution in [0, 0.1) is 11.3 Å². The molecule has 136 valence electrons. The summed E-state index contributed by atoms with van der Waals surface area (Å²) in [4.78, 5) is 11.2. The molecule has 0 fully saturated rings. The van der Waals surface area contributed by atoms with Crippen LogP contribution in [0.15, 0.2) is 42.5 Å². The van der Waals surface area contributed by atoms with Crippen LogP contribution < -0.4 is 14.8 Å². The predicted molar refractivity (Wildman–Crippen MR) is 101 cm³/mol. The second-order valence-corrected chi connectivity index (χ2v) is 6.20. The Morgan fingerprint density at radius 1 is 1.12 bits per heavy atom. The van der Waals surface area contributed by atoms with Gasteiger partial charge >= 0.3 is 0 Å². The molecule has 0 aromatic heterocycles. The van der Waals surface area contributed by atoms with E-state index in [1.165, 1.54) is 0 Å². The van der Waals surface area contributed by atoms with E-state index in [0.29, 0.717) is 47.7 Å². The number of halogens is 2. The van der Waals surface area contributed by atoms with E-state index in [1.807, 2.05) is 30.3 Å². The first kappa shape index (κ1) is 19.9. The van der Waals surface area contributed by atoms with E-state index in [9.17, 15) is 4.79 Å². The molecule has 0 aliphatic heterocycles. The first-order valence-electron chi connectivity index (χ1n) is 8.01. The van der Waals surface area contributed by atoms with Crippen LogP contribution in [0.1, 0.15) is 12.0 Å². The highest BCUT2D eigenvalue weighted by Gasteiger charge is 2.04. The van der Waals surface area contributed by atoms with Crippen molar-refractivity contribution in [1.82, 2.24) is 5.32 Å². The number of ether oxygens (including phenoxy) is 2. The summed E-state index contributed by atoms with van der Waals surface area (Å²) in [6.07, 6.45) is 0.531. The summed E-state index contributed by atoms with van der Waals surface area (Å²) >= 11 is 11.9. The summed E-state index contributed by atoms with van der Waals surface area (Å²) in [5.41, 5.74) is 1.03. The average molecular weight is 393 g/mol. The van der Waals surface area contributed by atoms with Crippen LogP contribution in [0.5, 0.6) is 11.5 Å². The largest absolute Gasteiger partial charge is 0.490 e. The highest BCUT2D eigenvalue weighted by molar-refractivity contribution is 6.34. The van der Waals surface area contributed by atoms with Crippen LogP contribution in [0.4, 0.5) is 0 Å². The number of benzene rings is 2. The van der Waals surface area contributed by atoms with Gasteiger partial charge in [-0.1, -0.05) is 35.3 Å². The molecule has 0 saturated heterocycles. The van der Waals surface area contributed by atoms with Gasteiger partial charge in [0.25, 0.3) is 0 Å². The van der Waals surface area contributed by atoms with Gasteiger partial charge in [0.15, 0.2) is 0 Å². The van der Waals surface area contributed by atoms with Crippen molar-refractivity contribution in [2.24, 2.45) is 0 Å². The zero-order chi connectivity index (χ0) is 18.8. The molecule has 0 radical (unpaired) electrons. The fraction of sp³-hybridized carbons (Fsp3) is 0.263. The number of nitrogens with one attached hydrogen (secondary N) is 1. The Morgan fingerprint density at radius 3 is 2.73 bits per heavy atom. The van der Waals surface area contributed by atoms with E-state index < -0.39 is 0 Å². The van der Waals surface area contributed by atoms with Crippen molar-refractivity contribution < 1.29 is 14.3 Å². The summed E-state index contributed by atoms with van der Waals surface area (Å²) in [6.45, 7) is 1.15. The molecule has 2 aromatic rings. The number of amides is 1. The summed E-state index contributed by atoms with van der Waals surface area (Å²) in [5, 5.41) is 12.2. The van der Waals surface area contributed by atoms with Gasteiger partial charge in [-0.25, -0.2) is 0 Å². The second-order valence-electron chi connectivity index (χ2n) is 5.35. The van der Waals surface area contributed by atoms with Crippen molar-refractivity contribution in [3.05, 3.63) is 58.1 Å². The van der Waals surface area contributed by atoms with Crippen molar-refractivity contribution in [3.63, 3.8) is 0 Å². The minimum Gasteiger partial charge on any atom is -0.490 e. The Hall–Kier alpha value is -2.42. The normalized spacial score (nSPS) is 10.0. The Labute approximate surface area is 162 Å². The van der Waals surface area contributed by atoms with Crippen LogP contribution in [-0.4, -0.2) is 25.7 Å². The van der Waals surface area contributed by atoms with Crippen molar-refractivity contribution in [3.8, 4) is 17.6 Å². The maximum absolute atomic E-state index is 11.2. The maximum atomic E-state index is 11.2. The standard InChI is InChI=1S/C19H18Cl2N2O3/c20-15-4-5-17(21)18(13-15)26-11-10-25-16-3-1-2-14(12-16)7-9-23-19(24)6-8-22/h1-5,12-13H,6-7,9-11H2,(H,23,24). The van der Waals surface area contributed by atoms with Gasteiger partial charge in [-0.3, -0.25) is 4.79 Å². The highest BCUT2D eigenvalue weighted by Crippen LogP contribution is 2.27. The first-order chi connectivity index (χ1) is 12.6. The fourth-order valence-corrected chi connectivity index (χ4v) is 2.50. The predicted octanol–water partition coefficient (Wildman–Crippen LogP) is 4.02. The Bertz CT molecular complexity index is 791. The van der Waals surface area contributed by atoms with Crippen molar-refractivity contribution >= 4 is 29.1 Å². The quantitative estimate of drug-likeness (QED) is 0.654. The fourth-order valence-electron chi connectivity index (χ4n) is 2.17. The van der Waals surface area contributed by atoms with Gasteiger partial charge in [0.1, 0.15) is 31.1 Å². The third-order valence-corrected chi connectivity index (χ3v) is 3.92. The Morgan fingerprint density at radius 2 is 1.92 bits per heavy atom. The number of hydrogen-bond donors (Lipinski definition) is 1. The van der Waals surface area contributed by atoms with E-state index in [0.717, 1.165) is 5.56 Å². The minimum atomic E-state index is -0.267. The van der Waals surface area contributed by atoms with E-state index in [1.54, 1.807) is 18.2 Å². The molecule has 0 aliphatic rings. The Balaban J connectivity index is 1.75. The molecule has 1 amide bonds. The van der Waals surface area contributed by atoms with E-state index in [-0.39, 0.29) is 12.3 Å². The number of nitriles is 1. The number of carbonyl (C=O) groups is 1. The second kappa shape index (κ2) is 10.5. The average Bonchev–Trinajstić information content (AvgIpc) is 2.62. The van der Waals surface area contributed by atoms with Crippen LogP contribution in [0.25, 0.3) is 0 Å². The zero-order valence-electron chi connectivity index (χ0n) is 14.0. The number of carbonyl (C=O) groups excluding carboxylic acids is 1. The molecule has 0 atom stereocenters. The van der Waals surface area contributed by atoms with Gasteiger partial charge < -0.3 is 14.8 Å². The van der Waals surface area contributed by atoms with E-state index in [4.69, 9.17) is 37.9 Å². The van der Waals surface area contributed by atoms with Gasteiger partial charge in [-0.15, -0.1) is 0 Å². The van der Waals surface area contributed by atoms with Gasteiger partial charge in [0.05, 0.1) is 11.1 Å². The molecule has 7 heteroatoms. The molecule has 1 N–H and O–H groups in total. The lowest BCUT2D eigenvalue weighted by Gasteiger charge is -2.11. The van der Waals surface area contributed by atoms with Crippen LogP contribution in [0.3, 0.4) is 0 Å². The summed E-state index contributed by atoms with van der Waals surface area (Å²) in [6, 6.07) is 14.4. The molecule has 26 heavy (non-hydrogen) atoms. The number of rotatable bonds is 9. The van der Waals surface area contributed by atoms with Crippen LogP contribution >= 0.6 is 23.2 Å². The molecule has 0 aliphatic carbocycles. The van der Waals surface area contributed by atoms with Gasteiger partial charge in [0, 0.05) is 17.6 Å². The molecule has 2 aromatic carbocycles. The summed E-state index contributed by atoms with van der Waals surface area (Å²) in [7, 11) is 0. The van der Waals surface area contributed by atoms with Crippen LogP contribution in [-0.2, 0) is 11.2 Å². The van der Waals surface area contributed by atoms with Gasteiger partial charge in [-0.05, 0) is 36.2 Å². The molecule has 0 unspecified atom stereocenters. The molecular formula is C19H18Cl2N2O3.